The molecule has 4 atom stereocenters. The van der Waals surface area contributed by atoms with E-state index in [1.807, 2.05) is 0 Å². The van der Waals surface area contributed by atoms with E-state index in [0.29, 0.717) is 16.7 Å². The Morgan fingerprint density at radius 3 is 2.00 bits per heavy atom. The lowest BCUT2D eigenvalue weighted by Crippen LogP contribution is -2.55. The third-order valence-electron chi connectivity index (χ3n) is 8.56. The van der Waals surface area contributed by atoms with E-state index in [2.05, 4.69) is 88.4 Å². The van der Waals surface area contributed by atoms with Crippen LogP contribution in [0.4, 0.5) is 0 Å². The van der Waals surface area contributed by atoms with Crippen LogP contribution in [0.2, 0.25) is 0 Å². The first-order valence-corrected chi connectivity index (χ1v) is 11.1. The first kappa shape index (κ1) is 18.8. The Morgan fingerprint density at radius 2 is 1.41 bits per heavy atom. The Morgan fingerprint density at radius 1 is 0.815 bits per heavy atom. The molecule has 0 radical (unpaired) electrons. The molecule has 0 heterocycles. The normalized spacial score (nSPS) is 34.1. The summed E-state index contributed by atoms with van der Waals surface area (Å²) in [5, 5.41) is 0. The first-order chi connectivity index (χ1) is 13.0. The molecule has 0 amide bonds. The number of hydrogen-bond donors (Lipinski definition) is 0. The van der Waals surface area contributed by atoms with Gasteiger partial charge in [-0.25, -0.2) is 0 Å². The van der Waals surface area contributed by atoms with Crippen LogP contribution in [0.1, 0.15) is 83.3 Å². The Hall–Kier alpha value is -1.56. The van der Waals surface area contributed by atoms with E-state index in [0.717, 1.165) is 5.92 Å². The lowest BCUT2D eigenvalue weighted by atomic mass is 9.44. The molecule has 2 saturated carbocycles. The van der Waals surface area contributed by atoms with Crippen LogP contribution in [0, 0.1) is 16.7 Å². The second kappa shape index (κ2) is 6.80. The zero-order valence-electron chi connectivity index (χ0n) is 17.7. The third-order valence-corrected chi connectivity index (χ3v) is 8.56. The standard InChI is InChI=1S/C27H36/c1-5-17-26-20-23(19-24(26)21-13-9-7-10-14-21)25(3,4)27(26,18-6-2)22-15-11-8-12-16-22/h7-16,23-24H,5-6,17-20H2,1-4H3. The van der Waals surface area contributed by atoms with Crippen molar-refractivity contribution in [3.05, 3.63) is 71.8 Å². The molecule has 144 valence electrons. The van der Waals surface area contributed by atoms with Gasteiger partial charge in [0.25, 0.3) is 0 Å². The topological polar surface area (TPSA) is 0 Å². The Balaban J connectivity index is 1.97. The van der Waals surface area contributed by atoms with Crippen molar-refractivity contribution in [2.45, 2.75) is 77.6 Å². The van der Waals surface area contributed by atoms with Gasteiger partial charge in [0.15, 0.2) is 0 Å². The summed E-state index contributed by atoms with van der Waals surface area (Å²) in [6.45, 7) is 9.99. The highest BCUT2D eigenvalue weighted by Gasteiger charge is 2.73. The van der Waals surface area contributed by atoms with Crippen molar-refractivity contribution in [3.8, 4) is 0 Å². The molecule has 0 aromatic heterocycles. The average molecular weight is 361 g/mol. The molecule has 4 unspecified atom stereocenters. The van der Waals surface area contributed by atoms with E-state index >= 15 is 0 Å². The van der Waals surface area contributed by atoms with E-state index in [9.17, 15) is 0 Å². The number of benzene rings is 2. The first-order valence-electron chi connectivity index (χ1n) is 11.1. The molecule has 0 spiro atoms. The molecule has 0 heteroatoms. The quantitative estimate of drug-likeness (QED) is 0.494. The van der Waals surface area contributed by atoms with Gasteiger partial charge in [-0.2, -0.15) is 0 Å². The minimum Gasteiger partial charge on any atom is -0.0654 e. The molecule has 2 bridgehead atoms. The highest BCUT2D eigenvalue weighted by molar-refractivity contribution is 5.42. The largest absolute Gasteiger partial charge is 0.0654 e. The van der Waals surface area contributed by atoms with Crippen molar-refractivity contribution < 1.29 is 0 Å². The van der Waals surface area contributed by atoms with Gasteiger partial charge in [0.1, 0.15) is 0 Å². The fourth-order valence-corrected chi connectivity index (χ4v) is 7.74. The predicted molar refractivity (Wildman–Crippen MR) is 116 cm³/mol. The molecule has 2 aliphatic carbocycles. The van der Waals surface area contributed by atoms with Crippen LogP contribution in [0.5, 0.6) is 0 Å². The minimum atomic E-state index is 0.273. The second-order valence-electron chi connectivity index (χ2n) is 9.75. The molecule has 0 N–H and O–H groups in total. The molecule has 0 aliphatic heterocycles. The summed E-state index contributed by atoms with van der Waals surface area (Å²) in [4.78, 5) is 0. The number of rotatable bonds is 6. The maximum atomic E-state index is 2.60. The lowest BCUT2D eigenvalue weighted by Gasteiger charge is -2.59. The smallest absolute Gasteiger partial charge is 0.00689 e. The van der Waals surface area contributed by atoms with Crippen LogP contribution < -0.4 is 0 Å². The van der Waals surface area contributed by atoms with Crippen molar-refractivity contribution in [1.29, 1.82) is 0 Å². The van der Waals surface area contributed by atoms with Gasteiger partial charge in [-0.05, 0) is 59.5 Å². The maximum Gasteiger partial charge on any atom is 0.00689 e. The van der Waals surface area contributed by atoms with Crippen molar-refractivity contribution in [1.82, 2.24) is 0 Å². The summed E-state index contributed by atoms with van der Waals surface area (Å²) in [5.74, 6) is 1.52. The van der Waals surface area contributed by atoms with Crippen LogP contribution in [0.3, 0.4) is 0 Å². The fourth-order valence-electron chi connectivity index (χ4n) is 7.74. The van der Waals surface area contributed by atoms with Crippen molar-refractivity contribution >= 4 is 0 Å². The van der Waals surface area contributed by atoms with Crippen LogP contribution in [0.25, 0.3) is 0 Å². The van der Waals surface area contributed by atoms with Crippen LogP contribution >= 0.6 is 0 Å². The fraction of sp³-hybridized carbons (Fsp3) is 0.556. The molecule has 2 fully saturated rings. The van der Waals surface area contributed by atoms with Gasteiger partial charge in [-0.15, -0.1) is 0 Å². The van der Waals surface area contributed by atoms with Gasteiger partial charge in [0.05, 0.1) is 0 Å². The third kappa shape index (κ3) is 2.41. The summed E-state index contributed by atoms with van der Waals surface area (Å²) in [6.07, 6.45) is 7.98. The van der Waals surface area contributed by atoms with Gasteiger partial charge in [-0.1, -0.05) is 101 Å². The maximum absolute atomic E-state index is 2.60. The highest BCUT2D eigenvalue weighted by atomic mass is 14.8. The van der Waals surface area contributed by atoms with E-state index in [4.69, 9.17) is 0 Å². The SMILES string of the molecule is CCCC12CC(CC1c1ccccc1)C(C)(C)C2(CCC)c1ccccc1. The molecule has 4 rings (SSSR count). The summed E-state index contributed by atoms with van der Waals surface area (Å²) in [5.41, 5.74) is 4.20. The summed E-state index contributed by atoms with van der Waals surface area (Å²) in [6, 6.07) is 23.1. The van der Waals surface area contributed by atoms with E-state index in [1.165, 1.54) is 38.5 Å². The van der Waals surface area contributed by atoms with E-state index in [-0.39, 0.29) is 5.41 Å². The Labute approximate surface area is 166 Å². The van der Waals surface area contributed by atoms with E-state index < -0.39 is 0 Å². The molecule has 2 aromatic carbocycles. The molecule has 27 heavy (non-hydrogen) atoms. The molecule has 0 saturated heterocycles. The van der Waals surface area contributed by atoms with Gasteiger partial charge in [0.2, 0.25) is 0 Å². The number of hydrogen-bond acceptors (Lipinski definition) is 0. The second-order valence-corrected chi connectivity index (χ2v) is 9.75. The Bertz CT molecular complexity index is 759. The summed E-state index contributed by atoms with van der Waals surface area (Å²) >= 11 is 0. The van der Waals surface area contributed by atoms with Crippen LogP contribution in [-0.2, 0) is 5.41 Å². The number of fused-ring (bicyclic) bond motifs is 2. The van der Waals surface area contributed by atoms with Crippen molar-refractivity contribution in [2.75, 3.05) is 0 Å². The summed E-state index contributed by atoms with van der Waals surface area (Å²) < 4.78 is 0. The van der Waals surface area contributed by atoms with Crippen LogP contribution in [0.15, 0.2) is 60.7 Å². The van der Waals surface area contributed by atoms with Gasteiger partial charge in [-0.3, -0.25) is 0 Å². The predicted octanol–water partition coefficient (Wildman–Crippen LogP) is 7.74. The average Bonchev–Trinajstić information content (AvgIpc) is 3.16. The molecule has 2 aliphatic rings. The summed E-state index contributed by atoms with van der Waals surface area (Å²) in [7, 11) is 0. The van der Waals surface area contributed by atoms with Gasteiger partial charge < -0.3 is 0 Å². The van der Waals surface area contributed by atoms with Crippen molar-refractivity contribution in [2.24, 2.45) is 16.7 Å². The van der Waals surface area contributed by atoms with Crippen LogP contribution in [-0.4, -0.2) is 0 Å². The molecule has 0 nitrogen and oxygen atoms in total. The molecule has 2 aromatic rings. The molecular formula is C27H36. The van der Waals surface area contributed by atoms with Gasteiger partial charge in [0, 0.05) is 5.41 Å². The monoisotopic (exact) mass is 360 g/mol. The molecular weight excluding hydrogens is 324 g/mol. The Kier molecular flexibility index (Phi) is 4.73. The zero-order valence-corrected chi connectivity index (χ0v) is 17.7. The van der Waals surface area contributed by atoms with E-state index in [1.54, 1.807) is 11.1 Å². The minimum absolute atomic E-state index is 0.273. The van der Waals surface area contributed by atoms with Gasteiger partial charge >= 0.3 is 0 Å². The van der Waals surface area contributed by atoms with Crippen molar-refractivity contribution in [3.63, 3.8) is 0 Å². The lowest BCUT2D eigenvalue weighted by molar-refractivity contribution is -0.0110. The zero-order chi connectivity index (χ0) is 19.1. The highest BCUT2D eigenvalue weighted by Crippen LogP contribution is 2.79.